The summed E-state index contributed by atoms with van der Waals surface area (Å²) in [6.45, 7) is 4.17. The Morgan fingerprint density at radius 3 is 3.00 bits per heavy atom. The quantitative estimate of drug-likeness (QED) is 0.735. The molecule has 1 aromatic rings. The Kier molecular flexibility index (Phi) is 2.09. The molecule has 3 nitrogen and oxygen atoms in total. The SMILES string of the molecule is c1ccc(C2CN=C3NCCN3C2)cc1. The van der Waals surface area contributed by atoms with Crippen molar-refractivity contribution in [1.29, 1.82) is 0 Å². The van der Waals surface area contributed by atoms with E-state index in [4.69, 9.17) is 0 Å². The summed E-state index contributed by atoms with van der Waals surface area (Å²) in [6, 6.07) is 10.7. The fraction of sp³-hybridized carbons (Fsp3) is 0.417. The van der Waals surface area contributed by atoms with E-state index in [2.05, 4.69) is 45.5 Å². The van der Waals surface area contributed by atoms with Crippen molar-refractivity contribution >= 4 is 5.96 Å². The van der Waals surface area contributed by atoms with Crippen LogP contribution in [0.3, 0.4) is 0 Å². The monoisotopic (exact) mass is 201 g/mol. The molecule has 15 heavy (non-hydrogen) atoms. The van der Waals surface area contributed by atoms with Gasteiger partial charge in [0.1, 0.15) is 0 Å². The summed E-state index contributed by atoms with van der Waals surface area (Å²) >= 11 is 0. The van der Waals surface area contributed by atoms with E-state index >= 15 is 0 Å². The Morgan fingerprint density at radius 1 is 1.27 bits per heavy atom. The molecule has 0 bridgehead atoms. The van der Waals surface area contributed by atoms with Gasteiger partial charge in [-0.25, -0.2) is 0 Å². The van der Waals surface area contributed by atoms with Crippen LogP contribution in [0.5, 0.6) is 0 Å². The molecular formula is C12H15N3. The fourth-order valence-electron chi connectivity index (χ4n) is 2.31. The predicted molar refractivity (Wildman–Crippen MR) is 61.1 cm³/mol. The summed E-state index contributed by atoms with van der Waals surface area (Å²) in [5, 5.41) is 3.31. The summed E-state index contributed by atoms with van der Waals surface area (Å²) in [5.41, 5.74) is 1.41. The van der Waals surface area contributed by atoms with Gasteiger partial charge in [-0.15, -0.1) is 0 Å². The second-order valence-corrected chi connectivity index (χ2v) is 4.14. The summed E-state index contributed by atoms with van der Waals surface area (Å²) in [7, 11) is 0. The molecule has 1 fully saturated rings. The minimum absolute atomic E-state index is 0.565. The lowest BCUT2D eigenvalue weighted by atomic mass is 9.98. The van der Waals surface area contributed by atoms with Crippen LogP contribution in [0.15, 0.2) is 35.3 Å². The Bertz CT molecular complexity index is 372. The number of hydrogen-bond acceptors (Lipinski definition) is 3. The molecule has 0 aromatic heterocycles. The van der Waals surface area contributed by atoms with Crippen molar-refractivity contribution < 1.29 is 0 Å². The first-order valence-electron chi connectivity index (χ1n) is 5.52. The van der Waals surface area contributed by atoms with Crippen molar-refractivity contribution in [3.05, 3.63) is 35.9 Å². The molecule has 1 saturated heterocycles. The molecule has 2 aliphatic rings. The first kappa shape index (κ1) is 8.77. The molecule has 1 aromatic carbocycles. The number of rotatable bonds is 1. The van der Waals surface area contributed by atoms with Gasteiger partial charge >= 0.3 is 0 Å². The Balaban J connectivity index is 1.81. The average Bonchev–Trinajstić information content (AvgIpc) is 2.77. The van der Waals surface area contributed by atoms with E-state index in [0.29, 0.717) is 5.92 Å². The highest BCUT2D eigenvalue weighted by Crippen LogP contribution is 2.21. The van der Waals surface area contributed by atoms with Crippen LogP contribution in [0.1, 0.15) is 11.5 Å². The Morgan fingerprint density at radius 2 is 2.13 bits per heavy atom. The van der Waals surface area contributed by atoms with Crippen LogP contribution >= 0.6 is 0 Å². The van der Waals surface area contributed by atoms with Gasteiger partial charge in [0.05, 0.1) is 6.54 Å². The van der Waals surface area contributed by atoms with Gasteiger partial charge in [0.2, 0.25) is 0 Å². The topological polar surface area (TPSA) is 27.6 Å². The third-order valence-electron chi connectivity index (χ3n) is 3.14. The van der Waals surface area contributed by atoms with E-state index < -0.39 is 0 Å². The number of hydrogen-bond donors (Lipinski definition) is 1. The largest absolute Gasteiger partial charge is 0.354 e. The van der Waals surface area contributed by atoms with Crippen LogP contribution in [0.25, 0.3) is 0 Å². The number of nitrogens with zero attached hydrogens (tertiary/aromatic N) is 2. The molecule has 0 saturated carbocycles. The Hall–Kier alpha value is -1.51. The lowest BCUT2D eigenvalue weighted by molar-refractivity contribution is 0.399. The smallest absolute Gasteiger partial charge is 0.194 e. The van der Waals surface area contributed by atoms with E-state index in [0.717, 1.165) is 32.1 Å². The Labute approximate surface area is 89.8 Å². The van der Waals surface area contributed by atoms with E-state index in [1.165, 1.54) is 5.56 Å². The fourth-order valence-corrected chi connectivity index (χ4v) is 2.31. The maximum absolute atomic E-state index is 4.58. The van der Waals surface area contributed by atoms with Crippen molar-refractivity contribution in [3.63, 3.8) is 0 Å². The van der Waals surface area contributed by atoms with Crippen molar-refractivity contribution in [2.45, 2.75) is 5.92 Å². The van der Waals surface area contributed by atoms with Gasteiger partial charge in [0.15, 0.2) is 5.96 Å². The second-order valence-electron chi connectivity index (χ2n) is 4.14. The summed E-state index contributed by atoms with van der Waals surface area (Å²) in [4.78, 5) is 6.93. The standard InChI is InChI=1S/C12H15N3/c1-2-4-10(5-3-1)11-8-14-12-13-6-7-15(12)9-11/h1-5,11H,6-9H2,(H,13,14). The van der Waals surface area contributed by atoms with Gasteiger partial charge in [-0.3, -0.25) is 4.99 Å². The highest BCUT2D eigenvalue weighted by atomic mass is 15.4. The third-order valence-corrected chi connectivity index (χ3v) is 3.14. The zero-order valence-corrected chi connectivity index (χ0v) is 8.69. The van der Waals surface area contributed by atoms with Crippen LogP contribution in [-0.4, -0.2) is 37.0 Å². The zero-order chi connectivity index (χ0) is 10.1. The average molecular weight is 201 g/mol. The highest BCUT2D eigenvalue weighted by molar-refractivity contribution is 5.82. The molecule has 2 aliphatic heterocycles. The molecule has 0 amide bonds. The number of nitrogens with one attached hydrogen (secondary N) is 1. The molecule has 1 N–H and O–H groups in total. The van der Waals surface area contributed by atoms with Crippen LogP contribution in [0.2, 0.25) is 0 Å². The molecule has 0 radical (unpaired) electrons. The van der Waals surface area contributed by atoms with Crippen LogP contribution < -0.4 is 5.32 Å². The first-order chi connectivity index (χ1) is 7.43. The number of aliphatic imine (C=N–C) groups is 1. The van der Waals surface area contributed by atoms with E-state index in [-0.39, 0.29) is 0 Å². The highest BCUT2D eigenvalue weighted by Gasteiger charge is 2.26. The maximum atomic E-state index is 4.58. The third kappa shape index (κ3) is 1.58. The number of fused-ring (bicyclic) bond motifs is 1. The van der Waals surface area contributed by atoms with Crippen molar-refractivity contribution in [2.75, 3.05) is 26.2 Å². The van der Waals surface area contributed by atoms with Crippen molar-refractivity contribution in [2.24, 2.45) is 4.99 Å². The summed E-state index contributed by atoms with van der Waals surface area (Å²) < 4.78 is 0. The van der Waals surface area contributed by atoms with Crippen LogP contribution in [0, 0.1) is 0 Å². The molecule has 2 heterocycles. The van der Waals surface area contributed by atoms with E-state index in [1.54, 1.807) is 0 Å². The predicted octanol–water partition coefficient (Wildman–Crippen LogP) is 1.04. The minimum Gasteiger partial charge on any atom is -0.354 e. The molecule has 0 aliphatic carbocycles. The molecule has 1 unspecified atom stereocenters. The molecule has 1 atom stereocenters. The first-order valence-corrected chi connectivity index (χ1v) is 5.52. The van der Waals surface area contributed by atoms with Crippen LogP contribution in [-0.2, 0) is 0 Å². The molecule has 78 valence electrons. The van der Waals surface area contributed by atoms with Gasteiger partial charge in [-0.2, -0.15) is 0 Å². The second kappa shape index (κ2) is 3.57. The lowest BCUT2D eigenvalue weighted by Gasteiger charge is -2.28. The van der Waals surface area contributed by atoms with E-state index in [1.807, 2.05) is 0 Å². The van der Waals surface area contributed by atoms with Gasteiger partial charge in [-0.1, -0.05) is 30.3 Å². The summed E-state index contributed by atoms with van der Waals surface area (Å²) in [6.07, 6.45) is 0. The van der Waals surface area contributed by atoms with Crippen molar-refractivity contribution in [3.8, 4) is 0 Å². The van der Waals surface area contributed by atoms with Gasteiger partial charge in [0.25, 0.3) is 0 Å². The van der Waals surface area contributed by atoms with Gasteiger partial charge < -0.3 is 10.2 Å². The molecule has 3 heteroatoms. The molecular weight excluding hydrogens is 186 g/mol. The zero-order valence-electron chi connectivity index (χ0n) is 8.69. The van der Waals surface area contributed by atoms with E-state index in [9.17, 15) is 0 Å². The van der Waals surface area contributed by atoms with Crippen LogP contribution in [0.4, 0.5) is 0 Å². The van der Waals surface area contributed by atoms with Gasteiger partial charge in [0, 0.05) is 25.6 Å². The summed E-state index contributed by atoms with van der Waals surface area (Å²) in [5.74, 6) is 1.66. The number of guanidine groups is 1. The normalized spacial score (nSPS) is 24.4. The maximum Gasteiger partial charge on any atom is 0.194 e. The molecule has 0 spiro atoms. The van der Waals surface area contributed by atoms with Gasteiger partial charge in [-0.05, 0) is 5.56 Å². The lowest BCUT2D eigenvalue weighted by Crippen LogP contribution is -2.38. The molecule has 3 rings (SSSR count). The van der Waals surface area contributed by atoms with Crippen molar-refractivity contribution in [1.82, 2.24) is 10.2 Å². The minimum atomic E-state index is 0.565. The number of benzene rings is 1.